The predicted octanol–water partition coefficient (Wildman–Crippen LogP) is 13.3. The van der Waals surface area contributed by atoms with Crippen molar-refractivity contribution in [2.24, 2.45) is 0 Å². The summed E-state index contributed by atoms with van der Waals surface area (Å²) >= 11 is 0. The maximum absolute atomic E-state index is 9.16. The van der Waals surface area contributed by atoms with Crippen LogP contribution in [0.1, 0.15) is 30.5 Å². The molecule has 0 N–H and O–H groups in total. The van der Waals surface area contributed by atoms with Gasteiger partial charge in [0, 0.05) is 22.1 Å². The van der Waals surface area contributed by atoms with Crippen molar-refractivity contribution in [3.8, 4) is 73.4 Å². The number of fused-ring (bicyclic) bond motifs is 5. The summed E-state index contributed by atoms with van der Waals surface area (Å²) in [4.78, 5) is 10.5. The largest absolute Gasteiger partial charge is 0.228 e. The zero-order chi connectivity index (χ0) is 37.1. The fourth-order valence-electron chi connectivity index (χ4n) is 8.31. The monoisotopic (exact) mass is 701 g/mol. The summed E-state index contributed by atoms with van der Waals surface area (Å²) < 4.78 is 0. The van der Waals surface area contributed by atoms with Crippen LogP contribution in [0, 0.1) is 11.3 Å². The Balaban J connectivity index is 1.06. The van der Waals surface area contributed by atoms with Gasteiger partial charge in [-0.2, -0.15) is 5.26 Å². The first-order valence-corrected chi connectivity index (χ1v) is 18.7. The van der Waals surface area contributed by atoms with Gasteiger partial charge in [-0.3, -0.25) is 0 Å². The van der Waals surface area contributed by atoms with Crippen LogP contribution in [0.2, 0.25) is 0 Å². The minimum atomic E-state index is -0.146. The highest BCUT2D eigenvalue weighted by atomic mass is 14.9. The molecule has 0 spiro atoms. The van der Waals surface area contributed by atoms with Crippen LogP contribution in [-0.4, -0.2) is 9.97 Å². The molecule has 0 saturated carbocycles. The molecule has 258 valence electrons. The Morgan fingerprint density at radius 3 is 1.69 bits per heavy atom. The Labute approximate surface area is 320 Å². The summed E-state index contributed by atoms with van der Waals surface area (Å²) in [6.45, 7) is 4.67. The smallest absolute Gasteiger partial charge is 0.160 e. The van der Waals surface area contributed by atoms with Crippen LogP contribution in [0.3, 0.4) is 0 Å². The van der Waals surface area contributed by atoms with Crippen molar-refractivity contribution in [1.82, 2.24) is 9.97 Å². The number of rotatable bonds is 5. The summed E-state index contributed by atoms with van der Waals surface area (Å²) in [6, 6.07) is 64.3. The molecule has 9 aromatic rings. The molecule has 0 unspecified atom stereocenters. The fourth-order valence-corrected chi connectivity index (χ4v) is 8.31. The maximum atomic E-state index is 9.16. The van der Waals surface area contributed by atoms with Gasteiger partial charge in [-0.05, 0) is 109 Å². The molecule has 1 aliphatic rings. The highest BCUT2D eigenvalue weighted by Crippen LogP contribution is 2.53. The first kappa shape index (κ1) is 32.5. The summed E-state index contributed by atoms with van der Waals surface area (Å²) in [5.41, 5.74) is 15.2. The van der Waals surface area contributed by atoms with Crippen molar-refractivity contribution in [2.75, 3.05) is 0 Å². The number of hydrogen-bond acceptors (Lipinski definition) is 3. The van der Waals surface area contributed by atoms with Crippen molar-refractivity contribution in [1.29, 1.82) is 5.26 Å². The van der Waals surface area contributed by atoms with Crippen LogP contribution in [0.25, 0.3) is 88.8 Å². The van der Waals surface area contributed by atoms with Gasteiger partial charge in [0.15, 0.2) is 5.82 Å². The molecule has 1 heterocycles. The fraction of sp³-hybridized carbons (Fsp3) is 0.0577. The number of hydrogen-bond donors (Lipinski definition) is 0. The Kier molecular flexibility index (Phi) is 7.54. The molecule has 8 aromatic carbocycles. The number of nitrogens with zero attached hydrogens (tertiary/aromatic N) is 3. The third-order valence-corrected chi connectivity index (χ3v) is 11.3. The van der Waals surface area contributed by atoms with Gasteiger partial charge in [0.05, 0.1) is 23.0 Å². The van der Waals surface area contributed by atoms with E-state index in [2.05, 4.69) is 153 Å². The lowest BCUT2D eigenvalue weighted by Gasteiger charge is -2.22. The minimum absolute atomic E-state index is 0.146. The van der Waals surface area contributed by atoms with Crippen LogP contribution in [0.4, 0.5) is 0 Å². The van der Waals surface area contributed by atoms with Crippen molar-refractivity contribution < 1.29 is 0 Å². The van der Waals surface area contributed by atoms with Crippen LogP contribution >= 0.6 is 0 Å². The summed E-state index contributed by atoms with van der Waals surface area (Å²) in [6.07, 6.45) is 0. The van der Waals surface area contributed by atoms with Crippen molar-refractivity contribution in [2.45, 2.75) is 19.3 Å². The van der Waals surface area contributed by atoms with Crippen molar-refractivity contribution >= 4 is 21.5 Å². The zero-order valence-corrected chi connectivity index (χ0v) is 30.6. The van der Waals surface area contributed by atoms with Gasteiger partial charge >= 0.3 is 0 Å². The van der Waals surface area contributed by atoms with E-state index in [1.165, 1.54) is 38.4 Å². The van der Waals surface area contributed by atoms with E-state index in [9.17, 15) is 0 Å². The molecule has 0 bridgehead atoms. The Hall–Kier alpha value is -7.15. The van der Waals surface area contributed by atoms with E-state index in [0.717, 1.165) is 55.7 Å². The van der Waals surface area contributed by atoms with Crippen LogP contribution in [-0.2, 0) is 5.41 Å². The van der Waals surface area contributed by atoms with E-state index in [0.29, 0.717) is 11.4 Å². The van der Waals surface area contributed by atoms with Gasteiger partial charge in [-0.15, -0.1) is 0 Å². The lowest BCUT2D eigenvalue weighted by molar-refractivity contribution is 0.661. The molecule has 0 amide bonds. The molecule has 0 saturated heterocycles. The van der Waals surface area contributed by atoms with E-state index in [4.69, 9.17) is 15.2 Å². The number of benzene rings is 8. The Morgan fingerprint density at radius 2 is 0.982 bits per heavy atom. The predicted molar refractivity (Wildman–Crippen MR) is 227 cm³/mol. The van der Waals surface area contributed by atoms with Crippen molar-refractivity contribution in [3.05, 3.63) is 193 Å². The van der Waals surface area contributed by atoms with Gasteiger partial charge in [-0.25, -0.2) is 9.97 Å². The van der Waals surface area contributed by atoms with Gasteiger partial charge in [0.25, 0.3) is 0 Å². The summed E-state index contributed by atoms with van der Waals surface area (Å²) in [5, 5.41) is 14.0. The first-order chi connectivity index (χ1) is 26.9. The molecule has 1 aromatic heterocycles. The highest BCUT2D eigenvalue weighted by molar-refractivity contribution is 5.99. The van der Waals surface area contributed by atoms with E-state index >= 15 is 0 Å². The Morgan fingerprint density at radius 1 is 0.418 bits per heavy atom. The quantitative estimate of drug-likeness (QED) is 0.179. The molecule has 3 heteroatoms. The standard InChI is InChI=1S/C52H35N3/c1-52(2)46-14-8-13-44(50(46)45-29-38-11-6-7-12-39(38)30-47(45)52)49-31-48(54-51(55-49)37-9-4-3-5-10-37)43-26-25-41-27-40(23-24-42(41)28-43)36-21-19-35(20-22-36)34-17-15-33(32-53)16-18-34/h3-31H,1-2H3. The second-order valence-corrected chi connectivity index (χ2v) is 15.0. The molecular weight excluding hydrogens is 667 g/mol. The molecule has 3 nitrogen and oxygen atoms in total. The molecule has 0 fully saturated rings. The van der Waals surface area contributed by atoms with E-state index in [1.54, 1.807) is 0 Å². The second-order valence-electron chi connectivity index (χ2n) is 15.0. The van der Waals surface area contributed by atoms with Crippen LogP contribution in [0.5, 0.6) is 0 Å². The maximum Gasteiger partial charge on any atom is 0.160 e. The molecule has 0 aliphatic heterocycles. The van der Waals surface area contributed by atoms with E-state index < -0.39 is 0 Å². The van der Waals surface area contributed by atoms with E-state index in [-0.39, 0.29) is 5.41 Å². The lowest BCUT2D eigenvalue weighted by atomic mass is 9.81. The van der Waals surface area contributed by atoms with Crippen molar-refractivity contribution in [3.63, 3.8) is 0 Å². The molecule has 0 radical (unpaired) electrons. The average molecular weight is 702 g/mol. The van der Waals surface area contributed by atoms with E-state index in [1.807, 2.05) is 42.5 Å². The third-order valence-electron chi connectivity index (χ3n) is 11.3. The molecule has 55 heavy (non-hydrogen) atoms. The van der Waals surface area contributed by atoms with Crippen LogP contribution < -0.4 is 0 Å². The van der Waals surface area contributed by atoms with Gasteiger partial charge in [0.1, 0.15) is 0 Å². The number of aromatic nitrogens is 2. The summed E-state index contributed by atoms with van der Waals surface area (Å²) in [5.74, 6) is 0.710. The Bertz CT molecular complexity index is 2990. The number of nitriles is 1. The lowest BCUT2D eigenvalue weighted by Crippen LogP contribution is -2.14. The van der Waals surface area contributed by atoms with Crippen LogP contribution in [0.15, 0.2) is 176 Å². The second kappa shape index (κ2) is 12.8. The highest BCUT2D eigenvalue weighted by Gasteiger charge is 2.37. The minimum Gasteiger partial charge on any atom is -0.228 e. The molecule has 10 rings (SSSR count). The molecule has 1 aliphatic carbocycles. The summed E-state index contributed by atoms with van der Waals surface area (Å²) in [7, 11) is 0. The SMILES string of the molecule is CC1(C)c2cc3ccccc3cc2-c2c(-c3cc(-c4ccc5cc(-c6ccc(-c7ccc(C#N)cc7)cc6)ccc5c4)nc(-c4ccccc4)n3)cccc21. The van der Waals surface area contributed by atoms with Gasteiger partial charge in [0.2, 0.25) is 0 Å². The zero-order valence-electron chi connectivity index (χ0n) is 30.6. The van der Waals surface area contributed by atoms with Gasteiger partial charge < -0.3 is 0 Å². The first-order valence-electron chi connectivity index (χ1n) is 18.7. The molecule has 0 atom stereocenters. The topological polar surface area (TPSA) is 49.6 Å². The average Bonchev–Trinajstić information content (AvgIpc) is 3.47. The third kappa shape index (κ3) is 5.59. The normalized spacial score (nSPS) is 12.7. The van der Waals surface area contributed by atoms with Gasteiger partial charge in [-0.1, -0.05) is 147 Å². The molecular formula is C52H35N3.